The lowest BCUT2D eigenvalue weighted by Crippen LogP contribution is -2.17. The summed E-state index contributed by atoms with van der Waals surface area (Å²) >= 11 is 1.66. The zero-order chi connectivity index (χ0) is 21.8. The molecule has 31 heavy (non-hydrogen) atoms. The average molecular weight is 433 g/mol. The summed E-state index contributed by atoms with van der Waals surface area (Å²) in [5.41, 5.74) is 8.99. The quantitative estimate of drug-likeness (QED) is 0.521. The lowest BCUT2D eigenvalue weighted by Gasteiger charge is -2.20. The van der Waals surface area contributed by atoms with Crippen LogP contribution in [0.2, 0.25) is 0 Å². The van der Waals surface area contributed by atoms with E-state index in [1.807, 2.05) is 30.9 Å². The van der Waals surface area contributed by atoms with Gasteiger partial charge in [-0.05, 0) is 67.8 Å². The van der Waals surface area contributed by atoms with Gasteiger partial charge in [0.05, 0.1) is 17.6 Å². The summed E-state index contributed by atoms with van der Waals surface area (Å²) in [6.45, 7) is 9.15. The van der Waals surface area contributed by atoms with Gasteiger partial charge in [-0.3, -0.25) is 9.67 Å². The molecule has 0 N–H and O–H groups in total. The highest BCUT2D eigenvalue weighted by Gasteiger charge is 2.30. The summed E-state index contributed by atoms with van der Waals surface area (Å²) in [4.78, 5) is 6.23. The van der Waals surface area contributed by atoms with Crippen molar-refractivity contribution in [2.24, 2.45) is 10.9 Å². The third kappa shape index (κ3) is 4.29. The molecular weight excluding hydrogens is 400 g/mol. The van der Waals surface area contributed by atoms with Crippen LogP contribution in [-0.2, 0) is 13.0 Å². The van der Waals surface area contributed by atoms with Gasteiger partial charge in [0.25, 0.3) is 0 Å². The second-order valence-electron chi connectivity index (χ2n) is 7.96. The zero-order valence-electron chi connectivity index (χ0n) is 19.1. The lowest BCUT2D eigenvalue weighted by atomic mass is 9.83. The van der Waals surface area contributed by atoms with Crippen molar-refractivity contribution in [1.29, 1.82) is 0 Å². The molecule has 0 saturated carbocycles. The number of allylic oxidation sites excluding steroid dienone is 7. The second kappa shape index (κ2) is 9.73. The molecule has 0 amide bonds. The maximum absolute atomic E-state index is 4.84. The van der Waals surface area contributed by atoms with E-state index in [-0.39, 0.29) is 5.92 Å². The van der Waals surface area contributed by atoms with Crippen molar-refractivity contribution in [1.82, 2.24) is 14.2 Å². The predicted octanol–water partition coefficient (Wildman–Crippen LogP) is 6.80. The Labute approximate surface area is 190 Å². The fourth-order valence-corrected chi connectivity index (χ4v) is 5.50. The molecule has 5 rings (SSSR count). The number of aryl methyl sites for hydroxylation is 2. The van der Waals surface area contributed by atoms with Gasteiger partial charge in [0.2, 0.25) is 0 Å². The predicted molar refractivity (Wildman–Crippen MR) is 132 cm³/mol. The third-order valence-corrected chi connectivity index (χ3v) is 7.02. The topological polar surface area (TPSA) is 43.1 Å². The molecule has 1 atom stereocenters. The van der Waals surface area contributed by atoms with Gasteiger partial charge in [-0.25, -0.2) is 0 Å². The molecule has 3 aliphatic rings. The summed E-state index contributed by atoms with van der Waals surface area (Å²) < 4.78 is 6.68. The maximum Gasteiger partial charge on any atom is 0.0589 e. The molecule has 0 radical (unpaired) electrons. The lowest BCUT2D eigenvalue weighted by molar-refractivity contribution is 0.659. The normalized spacial score (nSPS) is 19.7. The molecule has 0 aromatic carbocycles. The van der Waals surface area contributed by atoms with Gasteiger partial charge in [-0.15, -0.1) is 0 Å². The van der Waals surface area contributed by atoms with E-state index in [2.05, 4.69) is 49.4 Å². The summed E-state index contributed by atoms with van der Waals surface area (Å²) in [5.74, 6) is 0.232. The highest BCUT2D eigenvalue weighted by Crippen LogP contribution is 2.38. The number of rotatable bonds is 5. The van der Waals surface area contributed by atoms with E-state index in [1.54, 1.807) is 11.5 Å². The van der Waals surface area contributed by atoms with Crippen LogP contribution < -0.4 is 0 Å². The average Bonchev–Trinajstić information content (AvgIpc) is 3.54. The van der Waals surface area contributed by atoms with Gasteiger partial charge in [-0.1, -0.05) is 38.2 Å². The van der Waals surface area contributed by atoms with E-state index in [0.29, 0.717) is 0 Å². The Bertz CT molecular complexity index is 1090. The minimum Gasteiger partial charge on any atom is -0.272 e. The van der Waals surface area contributed by atoms with Crippen molar-refractivity contribution < 1.29 is 0 Å². The van der Waals surface area contributed by atoms with E-state index < -0.39 is 0 Å². The Balaban J connectivity index is 0.00000112. The van der Waals surface area contributed by atoms with Crippen molar-refractivity contribution in [2.75, 3.05) is 0 Å². The highest BCUT2D eigenvalue weighted by atomic mass is 32.1. The fourth-order valence-electron chi connectivity index (χ4n) is 4.57. The van der Waals surface area contributed by atoms with E-state index in [0.717, 1.165) is 13.0 Å². The molecule has 2 aromatic heterocycles. The molecule has 3 heterocycles. The fraction of sp³-hybridized carbons (Fsp3) is 0.423. The number of aromatic nitrogens is 3. The Morgan fingerprint density at radius 1 is 1.23 bits per heavy atom. The molecule has 1 unspecified atom stereocenters. The monoisotopic (exact) mass is 432 g/mol. The molecule has 4 nitrogen and oxygen atoms in total. The SMILES string of the molecule is CC.CCn1cc(C2=CN=C3C(Cc4snc(C)c4C4=CCCCC4)=CC=CC23)cn1. The van der Waals surface area contributed by atoms with Gasteiger partial charge in [0, 0.05) is 47.3 Å². The highest BCUT2D eigenvalue weighted by molar-refractivity contribution is 7.06. The maximum atomic E-state index is 4.84. The van der Waals surface area contributed by atoms with Gasteiger partial charge >= 0.3 is 0 Å². The van der Waals surface area contributed by atoms with Crippen molar-refractivity contribution >= 4 is 28.4 Å². The summed E-state index contributed by atoms with van der Waals surface area (Å²) in [6, 6.07) is 0. The van der Waals surface area contributed by atoms with Crippen LogP contribution in [0.5, 0.6) is 0 Å². The van der Waals surface area contributed by atoms with Crippen LogP contribution in [0.3, 0.4) is 0 Å². The van der Waals surface area contributed by atoms with Crippen molar-refractivity contribution in [3.8, 4) is 0 Å². The molecule has 1 aliphatic heterocycles. The molecule has 2 aliphatic carbocycles. The van der Waals surface area contributed by atoms with Gasteiger partial charge in [0.1, 0.15) is 0 Å². The van der Waals surface area contributed by atoms with E-state index >= 15 is 0 Å². The van der Waals surface area contributed by atoms with Gasteiger partial charge < -0.3 is 0 Å². The third-order valence-electron chi connectivity index (χ3n) is 6.09. The summed E-state index contributed by atoms with van der Waals surface area (Å²) in [7, 11) is 0. The van der Waals surface area contributed by atoms with Crippen LogP contribution in [0.15, 0.2) is 53.5 Å². The largest absolute Gasteiger partial charge is 0.272 e. The molecule has 5 heteroatoms. The molecular formula is C26H32N4S. The Kier molecular flexibility index (Phi) is 6.81. The van der Waals surface area contributed by atoms with Crippen molar-refractivity contribution in [3.05, 3.63) is 70.2 Å². The molecule has 0 spiro atoms. The van der Waals surface area contributed by atoms with E-state index in [4.69, 9.17) is 9.37 Å². The van der Waals surface area contributed by atoms with Crippen LogP contribution in [-0.4, -0.2) is 19.9 Å². The van der Waals surface area contributed by atoms with Crippen molar-refractivity contribution in [3.63, 3.8) is 0 Å². The second-order valence-corrected chi connectivity index (χ2v) is 8.81. The van der Waals surface area contributed by atoms with Crippen molar-refractivity contribution in [2.45, 2.75) is 66.3 Å². The first-order chi connectivity index (χ1) is 15.2. The number of nitrogens with zero attached hydrogens (tertiary/aromatic N) is 4. The minimum absolute atomic E-state index is 0.232. The van der Waals surface area contributed by atoms with Crippen LogP contribution in [0.1, 0.15) is 68.2 Å². The standard InChI is InChI=1S/C24H26N4S.C2H6/c1-3-28-15-19(13-26-28)21-14-25-24-18(10-7-11-20(21)24)12-22-23(16(2)27-29-22)17-8-5-4-6-9-17;1-2/h7-8,10-11,13-15,20H,3-6,9,12H2,1-2H3;1-2H3. The first kappa shape index (κ1) is 21.7. The van der Waals surface area contributed by atoms with Crippen LogP contribution in [0.4, 0.5) is 0 Å². The van der Waals surface area contributed by atoms with Crippen LogP contribution >= 0.6 is 11.5 Å². The molecule has 0 fully saturated rings. The van der Waals surface area contributed by atoms with Crippen LogP contribution in [0, 0.1) is 12.8 Å². The smallest absolute Gasteiger partial charge is 0.0589 e. The van der Waals surface area contributed by atoms with Gasteiger partial charge in [-0.2, -0.15) is 9.47 Å². The van der Waals surface area contributed by atoms with E-state index in [1.165, 1.54) is 69.8 Å². The van der Waals surface area contributed by atoms with Crippen LogP contribution in [0.25, 0.3) is 11.1 Å². The number of fused-ring (bicyclic) bond motifs is 1. The number of hydrogen-bond acceptors (Lipinski definition) is 4. The summed E-state index contributed by atoms with van der Waals surface area (Å²) in [6.07, 6.45) is 21.1. The molecule has 0 saturated heterocycles. The first-order valence-corrected chi connectivity index (χ1v) is 12.3. The zero-order valence-corrected chi connectivity index (χ0v) is 19.9. The van der Waals surface area contributed by atoms with Gasteiger partial charge in [0.15, 0.2) is 0 Å². The Hall–Kier alpha value is -2.53. The minimum atomic E-state index is 0.232. The van der Waals surface area contributed by atoms with E-state index in [9.17, 15) is 0 Å². The summed E-state index contributed by atoms with van der Waals surface area (Å²) in [5, 5.41) is 4.44. The Morgan fingerprint density at radius 3 is 2.84 bits per heavy atom. The first-order valence-electron chi connectivity index (χ1n) is 11.6. The molecule has 2 aromatic rings. The Morgan fingerprint density at radius 2 is 2.10 bits per heavy atom. The molecule has 0 bridgehead atoms. The number of hydrogen-bond donors (Lipinski definition) is 0. The number of aliphatic imine (C=N–C) groups is 1. The molecule has 162 valence electrons.